The summed E-state index contributed by atoms with van der Waals surface area (Å²) in [6.45, 7) is 3.67. The van der Waals surface area contributed by atoms with E-state index in [2.05, 4.69) is 0 Å². The summed E-state index contributed by atoms with van der Waals surface area (Å²) < 4.78 is 0. The summed E-state index contributed by atoms with van der Waals surface area (Å²) in [7, 11) is 0. The average Bonchev–Trinajstić information content (AvgIpc) is 2.85. The zero-order valence-electron chi connectivity index (χ0n) is 13.4. The van der Waals surface area contributed by atoms with Crippen molar-refractivity contribution in [2.45, 2.75) is 19.8 Å². The van der Waals surface area contributed by atoms with Gasteiger partial charge in [0.25, 0.3) is 11.8 Å². The average molecular weight is 314 g/mol. The second-order valence-electron chi connectivity index (χ2n) is 6.08. The number of aliphatic hydroxyl groups excluding tert-OH is 1. The van der Waals surface area contributed by atoms with Crippen molar-refractivity contribution in [1.29, 1.82) is 0 Å². The maximum Gasteiger partial charge on any atom is 0.277 e. The van der Waals surface area contributed by atoms with Gasteiger partial charge in [-0.1, -0.05) is 30.3 Å². The van der Waals surface area contributed by atoms with Crippen LogP contribution in [-0.2, 0) is 9.59 Å². The van der Waals surface area contributed by atoms with Crippen LogP contribution >= 0.6 is 0 Å². The topological polar surface area (TPSA) is 60.9 Å². The molecule has 3 rings (SSSR count). The molecule has 2 amide bonds. The number of rotatable bonds is 4. The SMILES string of the molecule is CCN1C(=O)C(c2ccccc2)=C(N2CCCC(CO)C2)C1=O. The minimum Gasteiger partial charge on any atom is -0.396 e. The molecule has 0 radical (unpaired) electrons. The number of likely N-dealkylation sites (N-methyl/N-ethyl adjacent to an activating group) is 1. The molecule has 5 heteroatoms. The highest BCUT2D eigenvalue weighted by Gasteiger charge is 2.41. The maximum absolute atomic E-state index is 12.8. The van der Waals surface area contributed by atoms with Crippen molar-refractivity contribution >= 4 is 17.4 Å². The van der Waals surface area contributed by atoms with Gasteiger partial charge in [-0.25, -0.2) is 0 Å². The molecule has 1 unspecified atom stereocenters. The van der Waals surface area contributed by atoms with Gasteiger partial charge >= 0.3 is 0 Å². The molecule has 1 atom stereocenters. The Morgan fingerprint density at radius 3 is 2.57 bits per heavy atom. The zero-order chi connectivity index (χ0) is 16.4. The predicted octanol–water partition coefficient (Wildman–Crippen LogP) is 1.49. The van der Waals surface area contributed by atoms with Gasteiger partial charge in [0.2, 0.25) is 0 Å². The summed E-state index contributed by atoms with van der Waals surface area (Å²) in [6, 6.07) is 9.38. The molecule has 2 aliphatic rings. The number of amides is 2. The van der Waals surface area contributed by atoms with Crippen LogP contribution in [-0.4, -0.2) is 53.0 Å². The first-order valence-corrected chi connectivity index (χ1v) is 8.19. The van der Waals surface area contributed by atoms with Gasteiger partial charge in [0.1, 0.15) is 5.70 Å². The van der Waals surface area contributed by atoms with Gasteiger partial charge < -0.3 is 10.0 Å². The van der Waals surface area contributed by atoms with Gasteiger partial charge in [-0.2, -0.15) is 0 Å². The lowest BCUT2D eigenvalue weighted by molar-refractivity contribution is -0.137. The van der Waals surface area contributed by atoms with Crippen LogP contribution in [0.3, 0.4) is 0 Å². The first-order valence-electron chi connectivity index (χ1n) is 8.19. The van der Waals surface area contributed by atoms with Gasteiger partial charge in [-0.05, 0) is 31.2 Å². The largest absolute Gasteiger partial charge is 0.396 e. The summed E-state index contributed by atoms with van der Waals surface area (Å²) in [5.74, 6) is -0.272. The standard InChI is InChI=1S/C18H22N2O3/c1-2-20-17(22)15(14-8-4-3-5-9-14)16(18(20)23)19-10-6-7-13(11-19)12-21/h3-5,8-9,13,21H,2,6-7,10-12H2,1H3. The van der Waals surface area contributed by atoms with Crippen molar-refractivity contribution < 1.29 is 14.7 Å². The van der Waals surface area contributed by atoms with Gasteiger partial charge in [0.05, 0.1) is 5.57 Å². The molecule has 5 nitrogen and oxygen atoms in total. The van der Waals surface area contributed by atoms with E-state index in [9.17, 15) is 14.7 Å². The minimum atomic E-state index is -0.218. The van der Waals surface area contributed by atoms with Crippen molar-refractivity contribution in [3.63, 3.8) is 0 Å². The van der Waals surface area contributed by atoms with E-state index < -0.39 is 0 Å². The van der Waals surface area contributed by atoms with Crippen molar-refractivity contribution in [2.75, 3.05) is 26.2 Å². The Morgan fingerprint density at radius 2 is 1.91 bits per heavy atom. The van der Waals surface area contributed by atoms with Crippen LogP contribution in [0.1, 0.15) is 25.3 Å². The summed E-state index contributed by atoms with van der Waals surface area (Å²) >= 11 is 0. The second-order valence-corrected chi connectivity index (χ2v) is 6.08. The van der Waals surface area contributed by atoms with E-state index in [4.69, 9.17) is 0 Å². The zero-order valence-corrected chi connectivity index (χ0v) is 13.4. The quantitative estimate of drug-likeness (QED) is 0.856. The Balaban J connectivity index is 2.05. The third-order valence-electron chi connectivity index (χ3n) is 4.62. The molecule has 2 aliphatic heterocycles. The molecule has 0 spiro atoms. The Kier molecular flexibility index (Phi) is 4.48. The molecule has 0 aliphatic carbocycles. The van der Waals surface area contributed by atoms with Gasteiger partial charge in [-0.15, -0.1) is 0 Å². The summed E-state index contributed by atoms with van der Waals surface area (Å²) in [4.78, 5) is 28.8. The summed E-state index contributed by atoms with van der Waals surface area (Å²) in [5, 5.41) is 9.45. The molecule has 1 N–H and O–H groups in total. The maximum atomic E-state index is 12.8. The number of hydrogen-bond acceptors (Lipinski definition) is 4. The van der Waals surface area contributed by atoms with E-state index in [0.29, 0.717) is 24.4 Å². The van der Waals surface area contributed by atoms with Crippen LogP contribution in [0.15, 0.2) is 36.0 Å². The third kappa shape index (κ3) is 2.77. The van der Waals surface area contributed by atoms with E-state index in [-0.39, 0.29) is 24.3 Å². The van der Waals surface area contributed by atoms with E-state index in [0.717, 1.165) is 24.9 Å². The molecule has 1 saturated heterocycles. The summed E-state index contributed by atoms with van der Waals surface area (Å²) in [5.41, 5.74) is 1.78. The molecular weight excluding hydrogens is 292 g/mol. The second kappa shape index (κ2) is 6.54. The molecule has 1 aromatic rings. The molecule has 1 aromatic carbocycles. The number of likely N-dealkylation sites (tertiary alicyclic amines) is 1. The third-order valence-corrected chi connectivity index (χ3v) is 4.62. The smallest absolute Gasteiger partial charge is 0.277 e. The van der Waals surface area contributed by atoms with Gasteiger partial charge in [0.15, 0.2) is 0 Å². The molecule has 0 bridgehead atoms. The fourth-order valence-corrected chi connectivity index (χ4v) is 3.43. The minimum absolute atomic E-state index is 0.115. The Morgan fingerprint density at radius 1 is 1.17 bits per heavy atom. The highest BCUT2D eigenvalue weighted by Crippen LogP contribution is 2.33. The first kappa shape index (κ1) is 15.7. The molecule has 23 heavy (non-hydrogen) atoms. The van der Waals surface area contributed by atoms with E-state index in [1.165, 1.54) is 4.90 Å². The van der Waals surface area contributed by atoms with Crippen molar-refractivity contribution in [3.05, 3.63) is 41.6 Å². The number of benzene rings is 1. The van der Waals surface area contributed by atoms with E-state index >= 15 is 0 Å². The van der Waals surface area contributed by atoms with Crippen LogP contribution < -0.4 is 0 Å². The van der Waals surface area contributed by atoms with E-state index in [1.54, 1.807) is 0 Å². The number of imide groups is 1. The monoisotopic (exact) mass is 314 g/mol. The highest BCUT2D eigenvalue weighted by atomic mass is 16.3. The van der Waals surface area contributed by atoms with Crippen LogP contribution in [0, 0.1) is 5.92 Å². The predicted molar refractivity (Wildman–Crippen MR) is 87.1 cm³/mol. The number of hydrogen-bond donors (Lipinski definition) is 1. The lowest BCUT2D eigenvalue weighted by atomic mass is 9.97. The van der Waals surface area contributed by atoms with Crippen LogP contribution in [0.4, 0.5) is 0 Å². The molecule has 122 valence electrons. The molecule has 1 fully saturated rings. The Hall–Kier alpha value is -2.14. The summed E-state index contributed by atoms with van der Waals surface area (Å²) in [6.07, 6.45) is 1.88. The number of piperidine rings is 1. The fourth-order valence-electron chi connectivity index (χ4n) is 3.43. The number of carbonyl (C=O) groups is 2. The molecular formula is C18H22N2O3. The van der Waals surface area contributed by atoms with Crippen molar-refractivity contribution in [1.82, 2.24) is 9.80 Å². The highest BCUT2D eigenvalue weighted by molar-refractivity contribution is 6.35. The Labute approximate surface area is 136 Å². The number of carbonyl (C=O) groups excluding carboxylic acids is 2. The Bertz CT molecular complexity index is 639. The lowest BCUT2D eigenvalue weighted by Crippen LogP contribution is -2.40. The molecule has 0 aromatic heterocycles. The van der Waals surface area contributed by atoms with Crippen LogP contribution in [0.25, 0.3) is 5.57 Å². The molecule has 0 saturated carbocycles. The van der Waals surface area contributed by atoms with Crippen molar-refractivity contribution in [3.8, 4) is 0 Å². The van der Waals surface area contributed by atoms with Gasteiger partial charge in [0, 0.05) is 26.2 Å². The van der Waals surface area contributed by atoms with E-state index in [1.807, 2.05) is 42.2 Å². The normalized spacial score (nSPS) is 22.3. The fraction of sp³-hybridized carbons (Fsp3) is 0.444. The van der Waals surface area contributed by atoms with Crippen LogP contribution in [0.2, 0.25) is 0 Å². The van der Waals surface area contributed by atoms with Gasteiger partial charge in [-0.3, -0.25) is 14.5 Å². The number of nitrogens with zero attached hydrogens (tertiary/aromatic N) is 2. The first-order chi connectivity index (χ1) is 11.2. The molecule has 2 heterocycles. The lowest BCUT2D eigenvalue weighted by Gasteiger charge is -2.34. The van der Waals surface area contributed by atoms with Crippen LogP contribution in [0.5, 0.6) is 0 Å². The number of aliphatic hydroxyl groups is 1. The van der Waals surface area contributed by atoms with Crippen molar-refractivity contribution in [2.24, 2.45) is 5.92 Å².